The number of hydrogen-bond donors (Lipinski definition) is 3. The highest BCUT2D eigenvalue weighted by Gasteiger charge is 2.13. The first-order chi connectivity index (χ1) is 13.8. The molecule has 3 rings (SSSR count). The number of hydrazone groups is 1. The van der Waals surface area contributed by atoms with E-state index in [0.717, 1.165) is 31.5 Å². The van der Waals surface area contributed by atoms with Crippen molar-refractivity contribution in [1.29, 1.82) is 0 Å². The van der Waals surface area contributed by atoms with Crippen LogP contribution in [0, 0.1) is 0 Å². The molecule has 3 N–H and O–H groups in total. The summed E-state index contributed by atoms with van der Waals surface area (Å²) in [5.74, 6) is -0.478. The van der Waals surface area contributed by atoms with Crippen LogP contribution in [0.4, 0.5) is 5.82 Å². The molecular weight excluding hydrogens is 380 g/mol. The van der Waals surface area contributed by atoms with Crippen LogP contribution in [0.25, 0.3) is 0 Å². The minimum absolute atomic E-state index is 0.0415. The summed E-state index contributed by atoms with van der Waals surface area (Å²) in [4.78, 5) is 49.9. The van der Waals surface area contributed by atoms with Crippen molar-refractivity contribution in [2.75, 3.05) is 5.43 Å². The van der Waals surface area contributed by atoms with Crippen LogP contribution >= 0.6 is 0 Å². The van der Waals surface area contributed by atoms with Gasteiger partial charge in [-0.2, -0.15) is 5.10 Å². The standard InChI is InChI=1S/C18H18N6O5/c1-22-13(8-14(25)23(2)18(22)29)21-19-9-12-15(26)20-17(28)24(16(12)27)10-11-6-4-3-5-7-11/h3-9,21,27H,10H2,1-2H3,(H,20,26,28)/b19-9-. The largest absolute Gasteiger partial charge is 0.494 e. The van der Waals surface area contributed by atoms with Crippen LogP contribution in [-0.2, 0) is 20.6 Å². The Morgan fingerprint density at radius 3 is 2.48 bits per heavy atom. The van der Waals surface area contributed by atoms with E-state index in [0.29, 0.717) is 0 Å². The first kappa shape index (κ1) is 19.6. The number of nitrogens with zero attached hydrogens (tertiary/aromatic N) is 4. The van der Waals surface area contributed by atoms with Crippen LogP contribution in [0.15, 0.2) is 60.7 Å². The lowest BCUT2D eigenvalue weighted by atomic mass is 10.2. The molecule has 0 unspecified atom stereocenters. The van der Waals surface area contributed by atoms with E-state index in [4.69, 9.17) is 0 Å². The van der Waals surface area contributed by atoms with Gasteiger partial charge in [0.05, 0.1) is 12.8 Å². The molecule has 0 radical (unpaired) electrons. The fourth-order valence-corrected chi connectivity index (χ4v) is 2.61. The predicted octanol–water partition coefficient (Wildman–Crippen LogP) is -0.866. The van der Waals surface area contributed by atoms with E-state index in [1.807, 2.05) is 6.07 Å². The monoisotopic (exact) mass is 398 g/mol. The maximum atomic E-state index is 12.1. The summed E-state index contributed by atoms with van der Waals surface area (Å²) < 4.78 is 3.07. The van der Waals surface area contributed by atoms with Gasteiger partial charge < -0.3 is 5.11 Å². The Morgan fingerprint density at radius 2 is 1.79 bits per heavy atom. The third-order valence-corrected chi connectivity index (χ3v) is 4.29. The fourth-order valence-electron chi connectivity index (χ4n) is 2.61. The van der Waals surface area contributed by atoms with Crippen molar-refractivity contribution >= 4 is 12.0 Å². The summed E-state index contributed by atoms with van der Waals surface area (Å²) in [5.41, 5.74) is 0.255. The second-order valence-electron chi connectivity index (χ2n) is 6.21. The molecule has 2 heterocycles. The van der Waals surface area contributed by atoms with Crippen LogP contribution < -0.4 is 27.9 Å². The Kier molecular flexibility index (Phi) is 5.30. The van der Waals surface area contributed by atoms with Crippen molar-refractivity contribution in [2.24, 2.45) is 19.2 Å². The van der Waals surface area contributed by atoms with Crippen molar-refractivity contribution in [3.8, 4) is 5.88 Å². The van der Waals surface area contributed by atoms with Crippen molar-refractivity contribution in [3.05, 3.63) is 89.2 Å². The van der Waals surface area contributed by atoms with E-state index in [-0.39, 0.29) is 17.9 Å². The number of aromatic hydroxyl groups is 1. The molecule has 0 saturated carbocycles. The maximum absolute atomic E-state index is 12.1. The second kappa shape index (κ2) is 7.84. The number of aromatic nitrogens is 4. The minimum atomic E-state index is -0.833. The summed E-state index contributed by atoms with van der Waals surface area (Å²) in [6, 6.07) is 10.1. The van der Waals surface area contributed by atoms with Crippen molar-refractivity contribution in [1.82, 2.24) is 18.7 Å². The highest BCUT2D eigenvalue weighted by Crippen LogP contribution is 2.11. The average molecular weight is 398 g/mol. The molecule has 3 aromatic rings. The third kappa shape index (κ3) is 3.93. The Bertz CT molecular complexity index is 1310. The van der Waals surface area contributed by atoms with E-state index >= 15 is 0 Å². The van der Waals surface area contributed by atoms with Crippen molar-refractivity contribution in [2.45, 2.75) is 6.54 Å². The lowest BCUT2D eigenvalue weighted by Crippen LogP contribution is -2.37. The number of anilines is 1. The number of H-pyrrole nitrogens is 1. The number of rotatable bonds is 5. The van der Waals surface area contributed by atoms with E-state index in [1.165, 1.54) is 14.1 Å². The van der Waals surface area contributed by atoms with Crippen molar-refractivity contribution in [3.63, 3.8) is 0 Å². The first-order valence-electron chi connectivity index (χ1n) is 8.45. The lowest BCUT2D eigenvalue weighted by molar-refractivity contribution is 0.408. The molecule has 11 nitrogen and oxygen atoms in total. The van der Waals surface area contributed by atoms with Gasteiger partial charge in [-0.15, -0.1) is 0 Å². The van der Waals surface area contributed by atoms with Gasteiger partial charge in [-0.1, -0.05) is 30.3 Å². The Morgan fingerprint density at radius 1 is 1.10 bits per heavy atom. The van der Waals surface area contributed by atoms with E-state index in [9.17, 15) is 24.3 Å². The zero-order chi connectivity index (χ0) is 21.1. The van der Waals surface area contributed by atoms with Crippen molar-refractivity contribution < 1.29 is 5.11 Å². The SMILES string of the molecule is Cn1c(N/N=C\c2c(O)n(Cc3ccccc3)c(=O)[nH]c2=O)cc(=O)n(C)c1=O. The van der Waals surface area contributed by atoms with E-state index in [1.54, 1.807) is 24.3 Å². The molecule has 0 aliphatic rings. The smallest absolute Gasteiger partial charge is 0.332 e. The molecule has 0 fully saturated rings. The third-order valence-electron chi connectivity index (χ3n) is 4.29. The summed E-state index contributed by atoms with van der Waals surface area (Å²) in [6.45, 7) is 0.0415. The van der Waals surface area contributed by atoms with Crippen LogP contribution in [-0.4, -0.2) is 30.0 Å². The lowest BCUT2D eigenvalue weighted by Gasteiger charge is -2.10. The van der Waals surface area contributed by atoms with Crippen LogP contribution in [0.1, 0.15) is 11.1 Å². The summed E-state index contributed by atoms with van der Waals surface area (Å²) >= 11 is 0. The van der Waals surface area contributed by atoms with Crippen LogP contribution in [0.3, 0.4) is 0 Å². The first-order valence-corrected chi connectivity index (χ1v) is 8.45. The molecule has 29 heavy (non-hydrogen) atoms. The fraction of sp³-hybridized carbons (Fsp3) is 0.167. The molecule has 0 aliphatic heterocycles. The topological polar surface area (TPSA) is 143 Å². The minimum Gasteiger partial charge on any atom is -0.494 e. The highest BCUT2D eigenvalue weighted by atomic mass is 16.3. The molecule has 1 aromatic carbocycles. The molecule has 0 bridgehead atoms. The summed E-state index contributed by atoms with van der Waals surface area (Å²) in [5, 5.41) is 14.2. The van der Waals surface area contributed by atoms with Gasteiger partial charge in [-0.25, -0.2) is 9.59 Å². The summed E-state index contributed by atoms with van der Waals surface area (Å²) in [6.07, 6.45) is 0.997. The van der Waals surface area contributed by atoms with Gasteiger partial charge in [0.1, 0.15) is 11.4 Å². The van der Waals surface area contributed by atoms with E-state index < -0.39 is 28.4 Å². The van der Waals surface area contributed by atoms with Gasteiger partial charge in [0.2, 0.25) is 5.88 Å². The van der Waals surface area contributed by atoms with Gasteiger partial charge in [0.25, 0.3) is 11.1 Å². The van der Waals surface area contributed by atoms with Gasteiger partial charge in [-0.05, 0) is 5.56 Å². The van der Waals surface area contributed by atoms with Gasteiger partial charge in [0, 0.05) is 20.2 Å². The zero-order valence-corrected chi connectivity index (χ0v) is 15.6. The Labute approximate surface area is 162 Å². The average Bonchev–Trinajstić information content (AvgIpc) is 2.70. The van der Waals surface area contributed by atoms with E-state index in [2.05, 4.69) is 15.5 Å². The maximum Gasteiger partial charge on any atom is 0.332 e. The molecule has 2 aromatic heterocycles. The van der Waals surface area contributed by atoms with Gasteiger partial charge >= 0.3 is 11.4 Å². The second-order valence-corrected chi connectivity index (χ2v) is 6.21. The molecule has 0 saturated heterocycles. The molecule has 0 atom stereocenters. The quantitative estimate of drug-likeness (QED) is 0.377. The molecule has 150 valence electrons. The van der Waals surface area contributed by atoms with Crippen LogP contribution in [0.5, 0.6) is 5.88 Å². The highest BCUT2D eigenvalue weighted by molar-refractivity contribution is 5.82. The number of benzene rings is 1. The molecule has 11 heteroatoms. The van der Waals surface area contributed by atoms with Gasteiger partial charge in [-0.3, -0.25) is 33.7 Å². The Balaban J connectivity index is 1.95. The molecule has 0 spiro atoms. The zero-order valence-electron chi connectivity index (χ0n) is 15.6. The normalized spacial score (nSPS) is 11.1. The molecule has 0 aliphatic carbocycles. The molecule has 0 amide bonds. The number of hydrogen-bond acceptors (Lipinski definition) is 7. The Hall–Kier alpha value is -4.15. The number of aromatic amines is 1. The summed E-state index contributed by atoms with van der Waals surface area (Å²) in [7, 11) is 2.77. The van der Waals surface area contributed by atoms with Crippen LogP contribution in [0.2, 0.25) is 0 Å². The number of nitrogens with one attached hydrogen (secondary N) is 2. The molecular formula is C18H18N6O5. The van der Waals surface area contributed by atoms with Gasteiger partial charge in [0.15, 0.2) is 0 Å². The predicted molar refractivity (Wildman–Crippen MR) is 107 cm³/mol.